The van der Waals surface area contributed by atoms with Crippen LogP contribution in [0, 0.1) is 18.3 Å². The largest absolute Gasteiger partial charge is 0.461 e. The standard InChI is InChI=1S/C25H25F3N6O2/c1-17-21(34(19-10-6-3-7-11-19)33-22(17)36-13-12-29)31-23(35)32-24(15-25(26,27)28)16-30-14-20(24)18-8-4-2-5-9-18/h2-11,20,30H,13-16H2,1H3,(H2,31,32,35)/t20-,24+/m1/s1. The van der Waals surface area contributed by atoms with Crippen LogP contribution < -0.4 is 20.7 Å². The molecule has 1 saturated heterocycles. The summed E-state index contributed by atoms with van der Waals surface area (Å²) < 4.78 is 48.0. The molecule has 8 nitrogen and oxygen atoms in total. The maximum Gasteiger partial charge on any atom is 0.391 e. The number of anilines is 1. The van der Waals surface area contributed by atoms with E-state index in [9.17, 15) is 18.0 Å². The Morgan fingerprint density at radius 1 is 1.22 bits per heavy atom. The molecule has 1 aliphatic rings. The third-order valence-corrected chi connectivity index (χ3v) is 6.12. The fourth-order valence-corrected chi connectivity index (χ4v) is 4.58. The summed E-state index contributed by atoms with van der Waals surface area (Å²) in [7, 11) is 0. The summed E-state index contributed by atoms with van der Waals surface area (Å²) in [4.78, 5) is 13.2. The maximum atomic E-state index is 13.7. The van der Waals surface area contributed by atoms with Crippen molar-refractivity contribution in [2.75, 3.05) is 25.0 Å². The Hall–Kier alpha value is -4.04. The Morgan fingerprint density at radius 2 is 1.89 bits per heavy atom. The number of carbonyl (C=O) groups excluding carboxylic acids is 1. The number of nitriles is 1. The lowest BCUT2D eigenvalue weighted by Gasteiger charge is -2.36. The van der Waals surface area contributed by atoms with Crippen molar-refractivity contribution in [3.05, 3.63) is 71.8 Å². The molecule has 0 radical (unpaired) electrons. The zero-order valence-electron chi connectivity index (χ0n) is 19.5. The highest BCUT2D eigenvalue weighted by atomic mass is 19.4. The van der Waals surface area contributed by atoms with Gasteiger partial charge in [0.1, 0.15) is 11.9 Å². The van der Waals surface area contributed by atoms with Crippen LogP contribution in [0.1, 0.15) is 23.5 Å². The van der Waals surface area contributed by atoms with Crippen molar-refractivity contribution < 1.29 is 22.7 Å². The second-order valence-electron chi connectivity index (χ2n) is 8.59. The zero-order chi connectivity index (χ0) is 25.8. The molecular weight excluding hydrogens is 473 g/mol. The highest BCUT2D eigenvalue weighted by Crippen LogP contribution is 2.40. The normalized spacial score (nSPS) is 19.5. The lowest BCUT2D eigenvalue weighted by Crippen LogP contribution is -2.57. The van der Waals surface area contributed by atoms with Gasteiger partial charge in [0.05, 0.1) is 23.2 Å². The molecule has 3 N–H and O–H groups in total. The van der Waals surface area contributed by atoms with E-state index in [4.69, 9.17) is 10.00 Å². The smallest absolute Gasteiger partial charge is 0.391 e. The average molecular weight is 499 g/mol. The lowest BCUT2D eigenvalue weighted by molar-refractivity contribution is -0.148. The average Bonchev–Trinajstić information content (AvgIpc) is 3.38. The van der Waals surface area contributed by atoms with E-state index < -0.39 is 30.1 Å². The molecule has 0 unspecified atom stereocenters. The molecule has 1 aliphatic heterocycles. The molecule has 0 saturated carbocycles. The Morgan fingerprint density at radius 3 is 2.53 bits per heavy atom. The molecular formula is C25H25F3N6O2. The van der Waals surface area contributed by atoms with Crippen molar-refractivity contribution in [3.8, 4) is 17.6 Å². The summed E-state index contributed by atoms with van der Waals surface area (Å²) in [5.74, 6) is -0.248. The summed E-state index contributed by atoms with van der Waals surface area (Å²) in [6, 6.07) is 18.7. The van der Waals surface area contributed by atoms with E-state index in [1.807, 2.05) is 12.1 Å². The summed E-state index contributed by atoms with van der Waals surface area (Å²) in [6.07, 6.45) is -5.71. The first-order chi connectivity index (χ1) is 17.2. The molecule has 0 aliphatic carbocycles. The number of carbonyl (C=O) groups is 1. The Balaban J connectivity index is 1.66. The predicted octanol–water partition coefficient (Wildman–Crippen LogP) is 4.28. The van der Waals surface area contributed by atoms with Gasteiger partial charge in [-0.05, 0) is 24.6 Å². The zero-order valence-corrected chi connectivity index (χ0v) is 19.5. The van der Waals surface area contributed by atoms with Gasteiger partial charge in [-0.25, -0.2) is 9.48 Å². The van der Waals surface area contributed by atoms with Gasteiger partial charge in [-0.2, -0.15) is 18.4 Å². The maximum absolute atomic E-state index is 13.7. The van der Waals surface area contributed by atoms with Gasteiger partial charge < -0.3 is 15.4 Å². The molecule has 2 atom stereocenters. The fraction of sp³-hybridized carbons (Fsp3) is 0.320. The molecule has 1 aromatic heterocycles. The molecule has 2 aromatic carbocycles. The number of rotatable bonds is 7. The van der Waals surface area contributed by atoms with Gasteiger partial charge in [0.25, 0.3) is 0 Å². The summed E-state index contributed by atoms with van der Waals surface area (Å²) in [5.41, 5.74) is 0.121. The third-order valence-electron chi connectivity index (χ3n) is 6.12. The number of amides is 2. The van der Waals surface area contributed by atoms with Gasteiger partial charge in [0.15, 0.2) is 6.61 Å². The SMILES string of the molecule is Cc1c(OCC#N)nn(-c2ccccc2)c1NC(=O)N[C@@]1(CC(F)(F)F)CNC[C@@H]1c1ccccc1. The predicted molar refractivity (Wildman–Crippen MR) is 127 cm³/mol. The Kier molecular flexibility index (Phi) is 7.17. The van der Waals surface area contributed by atoms with Crippen LogP contribution in [0.15, 0.2) is 60.7 Å². The van der Waals surface area contributed by atoms with E-state index in [0.29, 0.717) is 16.8 Å². The Labute approximate surface area is 206 Å². The number of alkyl halides is 3. The van der Waals surface area contributed by atoms with Crippen molar-refractivity contribution in [1.29, 1.82) is 5.26 Å². The molecule has 2 amide bonds. The number of nitrogens with one attached hydrogen (secondary N) is 3. The lowest BCUT2D eigenvalue weighted by atomic mass is 9.79. The fourth-order valence-electron chi connectivity index (χ4n) is 4.58. The molecule has 3 aromatic rings. The minimum atomic E-state index is -4.51. The number of hydrogen-bond donors (Lipinski definition) is 3. The molecule has 36 heavy (non-hydrogen) atoms. The summed E-state index contributed by atoms with van der Waals surface area (Å²) in [5, 5.41) is 21.6. The second kappa shape index (κ2) is 10.3. The van der Waals surface area contributed by atoms with Gasteiger partial charge >= 0.3 is 12.2 Å². The minimum absolute atomic E-state index is 0.0487. The first-order valence-corrected chi connectivity index (χ1v) is 11.3. The van der Waals surface area contributed by atoms with Gasteiger partial charge in [0, 0.05) is 19.0 Å². The van der Waals surface area contributed by atoms with Crippen LogP contribution in [0.25, 0.3) is 5.69 Å². The van der Waals surface area contributed by atoms with Gasteiger partial charge in [-0.3, -0.25) is 5.32 Å². The molecule has 0 bridgehead atoms. The molecule has 188 valence electrons. The number of nitrogens with zero attached hydrogens (tertiary/aromatic N) is 3. The van der Waals surface area contributed by atoms with Crippen LogP contribution >= 0.6 is 0 Å². The van der Waals surface area contributed by atoms with E-state index >= 15 is 0 Å². The number of ether oxygens (including phenoxy) is 1. The van der Waals surface area contributed by atoms with E-state index in [-0.39, 0.29) is 31.4 Å². The topological polar surface area (TPSA) is 104 Å². The van der Waals surface area contributed by atoms with Crippen LogP contribution in [-0.2, 0) is 0 Å². The highest BCUT2D eigenvalue weighted by molar-refractivity contribution is 5.90. The Bertz CT molecular complexity index is 1240. The number of para-hydroxylation sites is 1. The number of hydrogen-bond acceptors (Lipinski definition) is 5. The quantitative estimate of drug-likeness (QED) is 0.451. The molecule has 1 fully saturated rings. The van der Waals surface area contributed by atoms with E-state index in [0.717, 1.165) is 0 Å². The summed E-state index contributed by atoms with van der Waals surface area (Å²) in [6.45, 7) is 1.63. The van der Waals surface area contributed by atoms with Crippen LogP contribution in [-0.4, -0.2) is 47.2 Å². The van der Waals surface area contributed by atoms with Gasteiger partial charge in [-0.1, -0.05) is 48.5 Å². The van der Waals surface area contributed by atoms with Crippen molar-refractivity contribution in [3.63, 3.8) is 0 Å². The molecule has 4 rings (SSSR count). The van der Waals surface area contributed by atoms with Crippen LogP contribution in [0.2, 0.25) is 0 Å². The number of benzene rings is 2. The van der Waals surface area contributed by atoms with Crippen molar-refractivity contribution in [2.45, 2.75) is 31.0 Å². The highest BCUT2D eigenvalue weighted by Gasteiger charge is 2.51. The van der Waals surface area contributed by atoms with Gasteiger partial charge in [-0.15, -0.1) is 5.10 Å². The van der Waals surface area contributed by atoms with E-state index in [1.54, 1.807) is 61.5 Å². The number of aromatic nitrogens is 2. The number of halogens is 3. The van der Waals surface area contributed by atoms with Crippen LogP contribution in [0.4, 0.5) is 23.8 Å². The molecule has 2 heterocycles. The van der Waals surface area contributed by atoms with E-state index in [1.165, 1.54) is 4.68 Å². The first kappa shape index (κ1) is 25.1. The second-order valence-corrected chi connectivity index (χ2v) is 8.59. The monoisotopic (exact) mass is 498 g/mol. The molecule has 0 spiro atoms. The van der Waals surface area contributed by atoms with Crippen molar-refractivity contribution in [1.82, 2.24) is 20.4 Å². The minimum Gasteiger partial charge on any atom is -0.461 e. The summed E-state index contributed by atoms with van der Waals surface area (Å²) >= 11 is 0. The van der Waals surface area contributed by atoms with E-state index in [2.05, 4.69) is 21.0 Å². The third kappa shape index (κ3) is 5.44. The van der Waals surface area contributed by atoms with Crippen LogP contribution in [0.3, 0.4) is 0 Å². The first-order valence-electron chi connectivity index (χ1n) is 11.3. The van der Waals surface area contributed by atoms with Gasteiger partial charge in [0.2, 0.25) is 5.88 Å². The molecule has 11 heteroatoms. The number of urea groups is 1. The van der Waals surface area contributed by atoms with Crippen molar-refractivity contribution in [2.24, 2.45) is 0 Å². The van der Waals surface area contributed by atoms with Crippen LogP contribution in [0.5, 0.6) is 5.88 Å². The van der Waals surface area contributed by atoms with Crippen molar-refractivity contribution >= 4 is 11.8 Å².